The Bertz CT molecular complexity index is 210. The molecule has 0 radical (unpaired) electrons. The molecule has 1 fully saturated rings. The van der Waals surface area contributed by atoms with E-state index in [9.17, 15) is 4.79 Å². The Hall–Kier alpha value is -0.570. The quantitative estimate of drug-likeness (QED) is 0.709. The third kappa shape index (κ3) is 4.52. The molecule has 1 saturated carbocycles. The Kier molecular flexibility index (Phi) is 5.81. The minimum Gasteiger partial charge on any atom is -0.465 e. The number of hydrogen-bond donors (Lipinski definition) is 1. The van der Waals surface area contributed by atoms with Gasteiger partial charge in [-0.25, -0.2) is 0 Å². The second-order valence-electron chi connectivity index (χ2n) is 5.34. The van der Waals surface area contributed by atoms with Crippen LogP contribution < -0.4 is 5.73 Å². The summed E-state index contributed by atoms with van der Waals surface area (Å²) >= 11 is 0. The Morgan fingerprint density at radius 3 is 2.50 bits per heavy atom. The highest BCUT2D eigenvalue weighted by Gasteiger charge is 2.22. The largest absolute Gasteiger partial charge is 0.465 e. The number of esters is 1. The molecule has 0 spiro atoms. The lowest BCUT2D eigenvalue weighted by molar-refractivity contribution is -0.150. The Morgan fingerprint density at radius 1 is 1.38 bits per heavy atom. The van der Waals surface area contributed by atoms with Gasteiger partial charge in [-0.2, -0.15) is 0 Å². The molecule has 1 rings (SSSR count). The summed E-state index contributed by atoms with van der Waals surface area (Å²) in [5, 5.41) is 0. The molecule has 1 aliphatic carbocycles. The maximum Gasteiger partial charge on any atom is 0.310 e. The Balaban J connectivity index is 2.25. The van der Waals surface area contributed by atoms with E-state index in [1.165, 1.54) is 25.7 Å². The van der Waals surface area contributed by atoms with Crippen LogP contribution in [-0.2, 0) is 9.53 Å². The van der Waals surface area contributed by atoms with Gasteiger partial charge in [-0.3, -0.25) is 4.79 Å². The smallest absolute Gasteiger partial charge is 0.310 e. The van der Waals surface area contributed by atoms with Crippen molar-refractivity contribution in [2.24, 2.45) is 23.5 Å². The van der Waals surface area contributed by atoms with Crippen molar-refractivity contribution in [3.63, 3.8) is 0 Å². The van der Waals surface area contributed by atoms with Crippen molar-refractivity contribution >= 4 is 5.97 Å². The van der Waals surface area contributed by atoms with E-state index in [0.29, 0.717) is 25.0 Å². The molecule has 0 aromatic carbocycles. The fourth-order valence-electron chi connectivity index (χ4n) is 2.35. The SMILES string of the molecule is CC(C)CC(CN)C(=O)OCC1CCCC1. The number of carbonyl (C=O) groups excluding carboxylic acids is 1. The average molecular weight is 227 g/mol. The summed E-state index contributed by atoms with van der Waals surface area (Å²) in [5.41, 5.74) is 5.60. The summed E-state index contributed by atoms with van der Waals surface area (Å²) in [7, 11) is 0. The molecular formula is C13H25NO2. The van der Waals surface area contributed by atoms with Crippen LogP contribution >= 0.6 is 0 Å². The summed E-state index contributed by atoms with van der Waals surface area (Å²) in [4.78, 5) is 11.8. The first kappa shape index (κ1) is 13.5. The van der Waals surface area contributed by atoms with Crippen molar-refractivity contribution in [2.75, 3.05) is 13.2 Å². The van der Waals surface area contributed by atoms with Crippen molar-refractivity contribution in [1.29, 1.82) is 0 Å². The molecule has 3 heteroatoms. The normalized spacial score (nSPS) is 19.0. The van der Waals surface area contributed by atoms with Crippen molar-refractivity contribution in [2.45, 2.75) is 46.0 Å². The summed E-state index contributed by atoms with van der Waals surface area (Å²) in [6, 6.07) is 0. The highest BCUT2D eigenvalue weighted by Crippen LogP contribution is 2.25. The van der Waals surface area contributed by atoms with Crippen LogP contribution in [0.4, 0.5) is 0 Å². The van der Waals surface area contributed by atoms with Gasteiger partial charge in [-0.15, -0.1) is 0 Å². The second-order valence-corrected chi connectivity index (χ2v) is 5.34. The fraction of sp³-hybridized carbons (Fsp3) is 0.923. The molecular weight excluding hydrogens is 202 g/mol. The zero-order valence-electron chi connectivity index (χ0n) is 10.6. The van der Waals surface area contributed by atoms with E-state index in [2.05, 4.69) is 13.8 Å². The lowest BCUT2D eigenvalue weighted by Crippen LogP contribution is -2.28. The van der Waals surface area contributed by atoms with E-state index >= 15 is 0 Å². The fourth-order valence-corrected chi connectivity index (χ4v) is 2.35. The van der Waals surface area contributed by atoms with Gasteiger partial charge in [0.2, 0.25) is 0 Å². The molecule has 0 saturated heterocycles. The second kappa shape index (κ2) is 6.89. The third-order valence-corrected chi connectivity index (χ3v) is 3.31. The van der Waals surface area contributed by atoms with Gasteiger partial charge in [0.05, 0.1) is 12.5 Å². The number of hydrogen-bond acceptors (Lipinski definition) is 3. The minimum absolute atomic E-state index is 0.0944. The van der Waals surface area contributed by atoms with Crippen LogP contribution in [0.5, 0.6) is 0 Å². The first-order valence-corrected chi connectivity index (χ1v) is 6.50. The molecule has 1 atom stereocenters. The van der Waals surface area contributed by atoms with Gasteiger partial charge in [-0.1, -0.05) is 26.7 Å². The van der Waals surface area contributed by atoms with Crippen LogP contribution in [0.2, 0.25) is 0 Å². The van der Waals surface area contributed by atoms with Gasteiger partial charge in [0.15, 0.2) is 0 Å². The number of rotatable bonds is 6. The molecule has 1 unspecified atom stereocenters. The summed E-state index contributed by atoms with van der Waals surface area (Å²) in [5.74, 6) is 0.888. The average Bonchev–Trinajstić information content (AvgIpc) is 2.75. The molecule has 0 aromatic rings. The minimum atomic E-state index is -0.110. The molecule has 1 aliphatic rings. The predicted octanol–water partition coefficient (Wildman–Crippen LogP) is 2.34. The van der Waals surface area contributed by atoms with E-state index in [1.54, 1.807) is 0 Å². The molecule has 2 N–H and O–H groups in total. The number of ether oxygens (including phenoxy) is 1. The van der Waals surface area contributed by atoms with Crippen LogP contribution in [0.25, 0.3) is 0 Å². The number of carbonyl (C=O) groups is 1. The van der Waals surface area contributed by atoms with E-state index in [1.807, 2.05) is 0 Å². The van der Waals surface area contributed by atoms with Crippen LogP contribution in [0.15, 0.2) is 0 Å². The first-order chi connectivity index (χ1) is 7.63. The molecule has 3 nitrogen and oxygen atoms in total. The van der Waals surface area contributed by atoms with E-state index < -0.39 is 0 Å². The van der Waals surface area contributed by atoms with Gasteiger partial charge >= 0.3 is 5.97 Å². The Morgan fingerprint density at radius 2 is 2.00 bits per heavy atom. The van der Waals surface area contributed by atoms with E-state index in [4.69, 9.17) is 10.5 Å². The molecule has 16 heavy (non-hydrogen) atoms. The highest BCUT2D eigenvalue weighted by atomic mass is 16.5. The molecule has 0 bridgehead atoms. The topological polar surface area (TPSA) is 52.3 Å². The number of nitrogens with two attached hydrogens (primary N) is 1. The molecule has 0 aromatic heterocycles. The van der Waals surface area contributed by atoms with Gasteiger partial charge < -0.3 is 10.5 Å². The van der Waals surface area contributed by atoms with Crippen molar-refractivity contribution in [1.82, 2.24) is 0 Å². The maximum absolute atomic E-state index is 11.8. The summed E-state index contributed by atoms with van der Waals surface area (Å²) in [6.07, 6.45) is 5.83. The van der Waals surface area contributed by atoms with Crippen molar-refractivity contribution in [3.05, 3.63) is 0 Å². The van der Waals surface area contributed by atoms with Crippen molar-refractivity contribution in [3.8, 4) is 0 Å². The Labute approximate surface area is 98.7 Å². The van der Waals surface area contributed by atoms with E-state index in [-0.39, 0.29) is 11.9 Å². The van der Waals surface area contributed by atoms with Crippen LogP contribution in [0.1, 0.15) is 46.0 Å². The van der Waals surface area contributed by atoms with E-state index in [0.717, 1.165) is 6.42 Å². The van der Waals surface area contributed by atoms with Gasteiger partial charge in [0.1, 0.15) is 0 Å². The zero-order chi connectivity index (χ0) is 12.0. The lowest BCUT2D eigenvalue weighted by Gasteiger charge is -2.17. The molecule has 94 valence electrons. The first-order valence-electron chi connectivity index (χ1n) is 6.50. The maximum atomic E-state index is 11.8. The van der Waals surface area contributed by atoms with Gasteiger partial charge in [0.25, 0.3) is 0 Å². The van der Waals surface area contributed by atoms with Crippen LogP contribution in [0.3, 0.4) is 0 Å². The molecule has 0 aliphatic heterocycles. The van der Waals surface area contributed by atoms with Crippen LogP contribution in [0, 0.1) is 17.8 Å². The van der Waals surface area contributed by atoms with Gasteiger partial charge in [-0.05, 0) is 31.1 Å². The summed E-state index contributed by atoms with van der Waals surface area (Å²) < 4.78 is 5.36. The lowest BCUT2D eigenvalue weighted by atomic mass is 9.97. The molecule has 0 amide bonds. The van der Waals surface area contributed by atoms with Crippen LogP contribution in [-0.4, -0.2) is 19.1 Å². The summed E-state index contributed by atoms with van der Waals surface area (Å²) in [6.45, 7) is 5.22. The van der Waals surface area contributed by atoms with Gasteiger partial charge in [0, 0.05) is 6.54 Å². The standard InChI is InChI=1S/C13H25NO2/c1-10(2)7-12(8-14)13(15)16-9-11-5-3-4-6-11/h10-12H,3-9,14H2,1-2H3. The highest BCUT2D eigenvalue weighted by molar-refractivity contribution is 5.72. The van der Waals surface area contributed by atoms with Crippen molar-refractivity contribution < 1.29 is 9.53 Å². The third-order valence-electron chi connectivity index (χ3n) is 3.31. The molecule has 0 heterocycles. The predicted molar refractivity (Wildman–Crippen MR) is 64.9 cm³/mol. The zero-order valence-corrected chi connectivity index (χ0v) is 10.6. The monoisotopic (exact) mass is 227 g/mol.